The fourth-order valence-corrected chi connectivity index (χ4v) is 2.74. The second-order valence-corrected chi connectivity index (χ2v) is 5.73. The Morgan fingerprint density at radius 1 is 1.31 bits per heavy atom. The Bertz CT molecular complexity index is 978. The number of aliphatic imine (C=N–C) groups is 1. The number of aromatic nitrogens is 1. The van der Waals surface area contributed by atoms with Crippen LogP contribution in [0.3, 0.4) is 0 Å². The van der Waals surface area contributed by atoms with Crippen molar-refractivity contribution < 1.29 is 14.5 Å². The summed E-state index contributed by atoms with van der Waals surface area (Å²) in [5.74, 6) is -0.461. The molecule has 7 heteroatoms. The van der Waals surface area contributed by atoms with Gasteiger partial charge in [0.15, 0.2) is 6.04 Å². The smallest absolute Gasteiger partial charge is 0.330 e. The lowest BCUT2D eigenvalue weighted by molar-refractivity contribution is -0.384. The van der Waals surface area contributed by atoms with Crippen LogP contribution in [0.5, 0.6) is 0 Å². The Morgan fingerprint density at radius 3 is 2.88 bits per heavy atom. The van der Waals surface area contributed by atoms with Gasteiger partial charge in [0.05, 0.1) is 12.0 Å². The number of esters is 1. The van der Waals surface area contributed by atoms with E-state index in [9.17, 15) is 14.9 Å². The number of ether oxygens (including phenoxy) is 1. The number of nitro benzene ring substituents is 1. The first-order chi connectivity index (χ1) is 12.6. The van der Waals surface area contributed by atoms with Gasteiger partial charge in [0.25, 0.3) is 5.69 Å². The number of benzene rings is 2. The first kappa shape index (κ1) is 17.3. The number of hydrogen-bond acceptors (Lipinski definition) is 5. The molecular formula is C19H17N3O4. The highest BCUT2D eigenvalue weighted by Gasteiger charge is 2.20. The minimum atomic E-state index is -0.738. The number of carbonyl (C=O) groups excluding carboxylic acids is 1. The number of H-pyrrole nitrogens is 1. The van der Waals surface area contributed by atoms with Gasteiger partial charge in [-0.1, -0.05) is 30.3 Å². The first-order valence-electron chi connectivity index (χ1n) is 7.99. The predicted molar refractivity (Wildman–Crippen MR) is 98.5 cm³/mol. The zero-order valence-electron chi connectivity index (χ0n) is 14.1. The largest absolute Gasteiger partial charge is 0.467 e. The summed E-state index contributed by atoms with van der Waals surface area (Å²) >= 11 is 0. The summed E-state index contributed by atoms with van der Waals surface area (Å²) in [4.78, 5) is 30.0. The quantitative estimate of drug-likeness (QED) is 0.319. The van der Waals surface area contributed by atoms with E-state index in [1.165, 1.54) is 25.5 Å². The summed E-state index contributed by atoms with van der Waals surface area (Å²) in [6.45, 7) is 0. The molecule has 2 aromatic carbocycles. The third-order valence-corrected chi connectivity index (χ3v) is 4.05. The van der Waals surface area contributed by atoms with Crippen LogP contribution < -0.4 is 0 Å². The summed E-state index contributed by atoms with van der Waals surface area (Å²) < 4.78 is 4.85. The van der Waals surface area contributed by atoms with Crippen LogP contribution in [0.15, 0.2) is 59.7 Å². The van der Waals surface area contributed by atoms with Crippen LogP contribution in [0.2, 0.25) is 0 Å². The van der Waals surface area contributed by atoms with E-state index in [1.807, 2.05) is 30.5 Å². The lowest BCUT2D eigenvalue weighted by Gasteiger charge is -2.09. The standard InChI is InChI=1S/C19H17N3O4/c1-26-19(23)18(10-14-12-21-17-8-3-2-7-16(14)17)20-11-13-5-4-6-15(9-13)22(24)25/h2-9,11-12,18,21H,10H2,1H3/t18-/m1/s1. The molecule has 0 bridgehead atoms. The highest BCUT2D eigenvalue weighted by atomic mass is 16.6. The molecule has 0 aliphatic heterocycles. The van der Waals surface area contributed by atoms with Crippen LogP contribution in [0.25, 0.3) is 10.9 Å². The van der Waals surface area contributed by atoms with E-state index < -0.39 is 16.9 Å². The van der Waals surface area contributed by atoms with Gasteiger partial charge >= 0.3 is 5.97 Å². The van der Waals surface area contributed by atoms with Crippen molar-refractivity contribution in [2.24, 2.45) is 4.99 Å². The summed E-state index contributed by atoms with van der Waals surface area (Å²) in [5.41, 5.74) is 2.45. The molecule has 132 valence electrons. The third-order valence-electron chi connectivity index (χ3n) is 4.05. The number of nitro groups is 1. The minimum Gasteiger partial charge on any atom is -0.467 e. The second kappa shape index (κ2) is 7.60. The number of rotatable bonds is 6. The van der Waals surface area contributed by atoms with E-state index >= 15 is 0 Å². The summed E-state index contributed by atoms with van der Waals surface area (Å²) in [5, 5.41) is 11.9. The second-order valence-electron chi connectivity index (χ2n) is 5.73. The van der Waals surface area contributed by atoms with Crippen molar-refractivity contribution in [2.75, 3.05) is 7.11 Å². The monoisotopic (exact) mass is 351 g/mol. The molecule has 0 saturated carbocycles. The average Bonchev–Trinajstić information content (AvgIpc) is 3.07. The predicted octanol–water partition coefficient (Wildman–Crippen LogP) is 3.28. The zero-order valence-corrected chi connectivity index (χ0v) is 14.1. The van der Waals surface area contributed by atoms with Gasteiger partial charge in [0.1, 0.15) is 0 Å². The van der Waals surface area contributed by atoms with Crippen LogP contribution in [-0.2, 0) is 16.0 Å². The van der Waals surface area contributed by atoms with E-state index in [-0.39, 0.29) is 5.69 Å². The van der Waals surface area contributed by atoms with E-state index in [0.717, 1.165) is 16.5 Å². The molecule has 0 radical (unpaired) electrons. The van der Waals surface area contributed by atoms with Gasteiger partial charge in [-0.25, -0.2) is 4.79 Å². The molecule has 0 saturated heterocycles. The van der Waals surface area contributed by atoms with Gasteiger partial charge in [0.2, 0.25) is 0 Å². The molecule has 0 spiro atoms. The van der Waals surface area contributed by atoms with Crippen LogP contribution in [-0.4, -0.2) is 35.2 Å². The number of nitrogens with zero attached hydrogens (tertiary/aromatic N) is 2. The number of hydrogen-bond donors (Lipinski definition) is 1. The molecular weight excluding hydrogens is 334 g/mol. The number of para-hydroxylation sites is 1. The van der Waals surface area contributed by atoms with Gasteiger partial charge in [-0.05, 0) is 17.2 Å². The van der Waals surface area contributed by atoms with Crippen molar-refractivity contribution in [1.29, 1.82) is 0 Å². The molecule has 0 fully saturated rings. The number of methoxy groups -OCH3 is 1. The molecule has 0 aliphatic carbocycles. The van der Waals surface area contributed by atoms with Crippen LogP contribution in [0.4, 0.5) is 5.69 Å². The maximum Gasteiger partial charge on any atom is 0.330 e. The van der Waals surface area contributed by atoms with Gasteiger partial charge < -0.3 is 9.72 Å². The van der Waals surface area contributed by atoms with Crippen molar-refractivity contribution in [3.05, 3.63) is 76.0 Å². The van der Waals surface area contributed by atoms with E-state index in [1.54, 1.807) is 12.1 Å². The molecule has 3 rings (SSSR count). The normalized spacial score (nSPS) is 12.3. The zero-order chi connectivity index (χ0) is 18.5. The summed E-state index contributed by atoms with van der Waals surface area (Å²) in [6.07, 6.45) is 3.68. The van der Waals surface area contributed by atoms with Crippen LogP contribution in [0, 0.1) is 10.1 Å². The third kappa shape index (κ3) is 3.77. The number of fused-ring (bicyclic) bond motifs is 1. The lowest BCUT2D eigenvalue weighted by Crippen LogP contribution is -2.23. The lowest BCUT2D eigenvalue weighted by atomic mass is 10.1. The molecule has 1 heterocycles. The Morgan fingerprint density at radius 2 is 2.12 bits per heavy atom. The van der Waals surface area contributed by atoms with Gasteiger partial charge in [-0.2, -0.15) is 0 Å². The van der Waals surface area contributed by atoms with Crippen molar-refractivity contribution in [2.45, 2.75) is 12.5 Å². The SMILES string of the molecule is COC(=O)[C@@H](Cc1c[nH]c2ccccc12)N=Cc1cccc([N+](=O)[O-])c1. The van der Waals surface area contributed by atoms with Crippen molar-refractivity contribution in [3.63, 3.8) is 0 Å². The number of carbonyl (C=O) groups is 1. The molecule has 26 heavy (non-hydrogen) atoms. The van der Waals surface area contributed by atoms with Crippen LogP contribution >= 0.6 is 0 Å². The van der Waals surface area contributed by atoms with Crippen molar-refractivity contribution in [3.8, 4) is 0 Å². The first-order valence-corrected chi connectivity index (χ1v) is 7.99. The molecule has 3 aromatic rings. The Hall–Kier alpha value is -3.48. The van der Waals surface area contributed by atoms with Gasteiger partial charge in [0, 0.05) is 41.9 Å². The average molecular weight is 351 g/mol. The Labute approximate surface area is 149 Å². The van der Waals surface area contributed by atoms with Gasteiger partial charge in [-0.3, -0.25) is 15.1 Å². The summed E-state index contributed by atoms with van der Waals surface area (Å²) in [7, 11) is 1.31. The fourth-order valence-electron chi connectivity index (χ4n) is 2.74. The molecule has 1 N–H and O–H groups in total. The molecule has 0 unspecified atom stereocenters. The molecule has 7 nitrogen and oxygen atoms in total. The fraction of sp³-hybridized carbons (Fsp3) is 0.158. The maximum absolute atomic E-state index is 12.1. The van der Waals surface area contributed by atoms with E-state index in [0.29, 0.717) is 12.0 Å². The minimum absolute atomic E-state index is 0.0276. The topological polar surface area (TPSA) is 97.6 Å². The molecule has 0 aliphatic rings. The number of non-ortho nitro benzene ring substituents is 1. The van der Waals surface area contributed by atoms with Crippen molar-refractivity contribution in [1.82, 2.24) is 4.98 Å². The highest BCUT2D eigenvalue weighted by Crippen LogP contribution is 2.20. The van der Waals surface area contributed by atoms with Crippen LogP contribution in [0.1, 0.15) is 11.1 Å². The van der Waals surface area contributed by atoms with Crippen molar-refractivity contribution >= 4 is 28.8 Å². The molecule has 1 atom stereocenters. The maximum atomic E-state index is 12.1. The number of aromatic amines is 1. The molecule has 1 aromatic heterocycles. The Kier molecular flexibility index (Phi) is 5.07. The van der Waals surface area contributed by atoms with Gasteiger partial charge in [-0.15, -0.1) is 0 Å². The molecule has 0 amide bonds. The Balaban J connectivity index is 1.86. The van der Waals surface area contributed by atoms with E-state index in [4.69, 9.17) is 4.74 Å². The number of nitrogens with one attached hydrogen (secondary N) is 1. The van der Waals surface area contributed by atoms with E-state index in [2.05, 4.69) is 9.98 Å². The highest BCUT2D eigenvalue weighted by molar-refractivity contribution is 5.87. The summed E-state index contributed by atoms with van der Waals surface area (Å²) in [6, 6.07) is 13.1.